The number of methoxy groups -OCH3 is 2. The Morgan fingerprint density at radius 1 is 0.340 bits per heavy atom. The van der Waals surface area contributed by atoms with Gasteiger partial charge in [-0.15, -0.1) is 0 Å². The molecule has 0 heterocycles. The number of carbonyl (C=O) groups is 4. The zero-order valence-electron chi connectivity index (χ0n) is 58.6. The van der Waals surface area contributed by atoms with Crippen molar-refractivity contribution in [3.05, 3.63) is 130 Å². The number of ether oxygens (including phenoxy) is 2. The molecule has 0 saturated heterocycles. The molecule has 524 valence electrons. The number of ketones is 2. The molecule has 0 atom stereocenters. The van der Waals surface area contributed by atoms with Crippen molar-refractivity contribution in [2.75, 3.05) is 116 Å². The van der Waals surface area contributed by atoms with E-state index in [0.29, 0.717) is 153 Å². The van der Waals surface area contributed by atoms with Gasteiger partial charge < -0.3 is 75.0 Å². The zero-order chi connectivity index (χ0) is 68.5. The van der Waals surface area contributed by atoms with E-state index in [1.807, 2.05) is 142 Å². The van der Waals surface area contributed by atoms with Crippen molar-refractivity contribution in [1.82, 2.24) is 10.6 Å². The molecule has 0 unspecified atom stereocenters. The quantitative estimate of drug-likeness (QED) is 0.0183. The van der Waals surface area contributed by atoms with E-state index in [2.05, 4.69) is 45.5 Å². The molecule has 20 nitrogen and oxygen atoms in total. The van der Waals surface area contributed by atoms with Crippen LogP contribution >= 0.6 is 0 Å². The lowest BCUT2D eigenvalue weighted by atomic mass is 9.85. The van der Waals surface area contributed by atoms with Gasteiger partial charge in [0.2, 0.25) is 8.32 Å². The average Bonchev–Trinajstić information content (AvgIpc) is 0.786. The normalized spacial score (nSPS) is 12.0. The van der Waals surface area contributed by atoms with E-state index >= 15 is 0 Å². The van der Waals surface area contributed by atoms with E-state index < -0.39 is 34.7 Å². The highest BCUT2D eigenvalue weighted by molar-refractivity contribution is 6.73. The van der Waals surface area contributed by atoms with Crippen LogP contribution in [0.1, 0.15) is 154 Å². The van der Waals surface area contributed by atoms with Gasteiger partial charge in [0.15, 0.2) is 0 Å². The van der Waals surface area contributed by atoms with E-state index in [-0.39, 0.29) is 36.5 Å². The van der Waals surface area contributed by atoms with Crippen LogP contribution in [0.4, 0.5) is 21.0 Å². The van der Waals surface area contributed by atoms with E-state index in [1.165, 1.54) is 0 Å². The molecule has 0 aliphatic heterocycles. The van der Waals surface area contributed by atoms with Crippen LogP contribution in [0, 0.1) is 0 Å². The Balaban J connectivity index is 1.75. The Hall–Kier alpha value is -5.11. The molecule has 0 aliphatic rings. The minimum absolute atomic E-state index is 0.134. The van der Waals surface area contributed by atoms with Crippen LogP contribution in [-0.2, 0) is 76.2 Å². The number of rotatable bonds is 52. The summed E-state index contributed by atoms with van der Waals surface area (Å²) in [6, 6.07) is 33.6. The molecule has 4 N–H and O–H groups in total. The molecule has 0 fully saturated rings. The maximum Gasteiger partial charge on any atom is 0.500 e. The molecule has 0 bridgehead atoms. The third kappa shape index (κ3) is 28.2. The molecule has 4 aromatic carbocycles. The smallest absolute Gasteiger partial charge is 0.412 e. The number of anilines is 2. The fraction of sp³-hybridized carbons (Fsp3) is 0.571. The first-order valence-corrected chi connectivity index (χ1v) is 42.5. The number of carbonyl (C=O) groups excluding carboxylic acids is 4. The molecule has 24 heteroatoms. The second-order valence-electron chi connectivity index (χ2n) is 22.5. The SMILES string of the molecule is CCO[Si](CCCCC(=O)Cc1ccc(C(=C(c2ccc(NC(=O)NCCC[Si](OCC)(OCC)OCC)cc2)c2ccc(NC(=O)NCCC[Si](OCC)(OCC)OCC)cc2)c2ccc(CC(=O)CCCC[Si](OCC)(OCC)OCC)cc2)cc1)(COC)COC. The topological polar surface area (TPSA) is 227 Å². The average molecular weight is 1380 g/mol. The van der Waals surface area contributed by atoms with Crippen LogP contribution in [-0.4, -0.2) is 164 Å². The summed E-state index contributed by atoms with van der Waals surface area (Å²) in [5, 5.41) is 12.0. The Bertz CT molecular complexity index is 2370. The summed E-state index contributed by atoms with van der Waals surface area (Å²) in [6.07, 6.45) is 6.72. The summed E-state index contributed by atoms with van der Waals surface area (Å²) in [6.45, 7) is 25.1. The number of hydrogen-bond donors (Lipinski definition) is 4. The van der Waals surface area contributed by atoms with Crippen molar-refractivity contribution in [3.8, 4) is 0 Å². The van der Waals surface area contributed by atoms with Gasteiger partial charge in [0.05, 0.1) is 12.5 Å². The van der Waals surface area contributed by atoms with Gasteiger partial charge in [-0.05, 0) is 176 Å². The molecule has 0 saturated carbocycles. The lowest BCUT2D eigenvalue weighted by Gasteiger charge is -2.29. The molecular weight excluding hydrogens is 1270 g/mol. The maximum absolute atomic E-state index is 13.6. The highest BCUT2D eigenvalue weighted by atomic mass is 28.4. The highest BCUT2D eigenvalue weighted by Gasteiger charge is 2.42. The third-order valence-electron chi connectivity index (χ3n) is 15.4. The minimum atomic E-state index is -2.88. The molecule has 0 aromatic heterocycles. The molecular formula is C70H112N4O16Si4. The van der Waals surface area contributed by atoms with Crippen molar-refractivity contribution >= 4 is 80.9 Å². The van der Waals surface area contributed by atoms with Crippen molar-refractivity contribution in [2.45, 2.75) is 158 Å². The summed E-state index contributed by atoms with van der Waals surface area (Å²) in [5.74, 6) is 0.287. The molecule has 0 aliphatic carbocycles. The standard InChI is InChI=1S/C70H112N4O16Si4/c1-13-81-91(55-79-11,56-80-12)49-25-23-29-65(75)53-57-31-35-59(36-32-57)67(60-37-33-58(34-38-60)54-66(76)30-24-26-50-92(82-14-2,83-15-3)84-16-4)68(61-39-43-63(44-40-61)73-69(77)71-47-27-51-93(85-17-5,86-18-6)87-19-7)62-41-45-64(46-42-62)74-70(78)72-48-28-52-94(88-20-8,89-21-9)90-22-10/h31-46H,13-30,47-56H2,1-12H3,(H2,71,73,77)(H2,72,74,78). The molecule has 4 rings (SSSR count). The van der Waals surface area contributed by atoms with Gasteiger partial charge in [-0.2, -0.15) is 0 Å². The number of unbranched alkanes of at least 4 members (excludes halogenated alkanes) is 2. The van der Waals surface area contributed by atoms with Crippen LogP contribution in [0.3, 0.4) is 0 Å². The molecule has 0 radical (unpaired) electrons. The van der Waals surface area contributed by atoms with E-state index in [4.69, 9.17) is 53.7 Å². The van der Waals surface area contributed by atoms with Crippen molar-refractivity contribution in [3.63, 3.8) is 0 Å². The summed E-state index contributed by atoms with van der Waals surface area (Å²) in [4.78, 5) is 54.1. The van der Waals surface area contributed by atoms with E-state index in [1.54, 1.807) is 14.2 Å². The number of urea groups is 2. The van der Waals surface area contributed by atoms with Crippen molar-refractivity contribution in [1.29, 1.82) is 0 Å². The zero-order valence-corrected chi connectivity index (χ0v) is 62.6. The highest BCUT2D eigenvalue weighted by Crippen LogP contribution is 2.38. The van der Waals surface area contributed by atoms with Gasteiger partial charge >= 0.3 is 38.5 Å². The van der Waals surface area contributed by atoms with Crippen molar-refractivity contribution in [2.24, 2.45) is 0 Å². The Kier molecular flexibility index (Phi) is 39.3. The minimum Gasteiger partial charge on any atom is -0.412 e. The fourth-order valence-corrected chi connectivity index (χ4v) is 22.7. The molecule has 4 aromatic rings. The van der Waals surface area contributed by atoms with Gasteiger partial charge in [0.1, 0.15) is 11.6 Å². The first-order chi connectivity index (χ1) is 45.5. The predicted molar refractivity (Wildman–Crippen MR) is 381 cm³/mol. The number of hydrogen-bond acceptors (Lipinski definition) is 16. The summed E-state index contributed by atoms with van der Waals surface area (Å²) < 4.78 is 71.7. The molecule has 4 amide bonds. The van der Waals surface area contributed by atoms with Gasteiger partial charge in [0.25, 0.3) is 0 Å². The number of amides is 4. The van der Waals surface area contributed by atoms with Crippen LogP contribution in [0.5, 0.6) is 0 Å². The Morgan fingerprint density at radius 3 is 0.904 bits per heavy atom. The largest absolute Gasteiger partial charge is 0.500 e. The van der Waals surface area contributed by atoms with Crippen LogP contribution in [0.15, 0.2) is 97.1 Å². The molecule has 94 heavy (non-hydrogen) atoms. The van der Waals surface area contributed by atoms with Gasteiger partial charge in [-0.1, -0.05) is 79.2 Å². The second-order valence-corrected chi connectivity index (χ2v) is 34.5. The summed E-state index contributed by atoms with van der Waals surface area (Å²) in [7, 11) is -7.47. The first-order valence-electron chi connectivity index (χ1n) is 34.2. The number of benzene rings is 4. The fourth-order valence-electron chi connectivity index (χ4n) is 11.5. The van der Waals surface area contributed by atoms with Gasteiger partial charge in [-0.3, -0.25) is 9.59 Å². The lowest BCUT2D eigenvalue weighted by molar-refractivity contribution is -0.119. The summed E-state index contributed by atoms with van der Waals surface area (Å²) >= 11 is 0. The lowest BCUT2D eigenvalue weighted by Crippen LogP contribution is -2.48. The van der Waals surface area contributed by atoms with Crippen LogP contribution in [0.2, 0.25) is 24.2 Å². The van der Waals surface area contributed by atoms with Crippen LogP contribution < -0.4 is 21.3 Å². The Morgan fingerprint density at radius 2 is 0.617 bits per heavy atom. The monoisotopic (exact) mass is 1380 g/mol. The van der Waals surface area contributed by atoms with Crippen molar-refractivity contribution < 1.29 is 72.9 Å². The maximum atomic E-state index is 13.6. The predicted octanol–water partition coefficient (Wildman–Crippen LogP) is 13.8. The number of nitrogens with one attached hydrogen (secondary N) is 4. The van der Waals surface area contributed by atoms with E-state index in [0.717, 1.165) is 69.8 Å². The van der Waals surface area contributed by atoms with Gasteiger partial charge in [-0.25, -0.2) is 9.59 Å². The first kappa shape index (κ1) is 81.3. The van der Waals surface area contributed by atoms with Crippen LogP contribution in [0.25, 0.3) is 11.1 Å². The second kappa shape index (κ2) is 45.4. The van der Waals surface area contributed by atoms with Gasteiger partial charge in [0, 0.05) is 149 Å². The third-order valence-corrected chi connectivity index (χ3v) is 28.6. The summed E-state index contributed by atoms with van der Waals surface area (Å²) in [5.41, 5.74) is 8.11. The Labute approximate surface area is 566 Å². The molecule has 0 spiro atoms. The van der Waals surface area contributed by atoms with E-state index in [9.17, 15) is 19.2 Å². The number of Topliss-reactive ketones (excluding diaryl/α,β-unsaturated/α-hetero) is 2.